The van der Waals surface area contributed by atoms with Crippen LogP contribution in [0.25, 0.3) is 82.0 Å². The fourth-order valence-electron chi connectivity index (χ4n) is 7.39. The van der Waals surface area contributed by atoms with Gasteiger partial charge in [0.25, 0.3) is 0 Å². The zero-order valence-electron chi connectivity index (χ0n) is 25.3. The molecule has 0 bridgehead atoms. The number of benzene rings is 5. The van der Waals surface area contributed by atoms with Gasteiger partial charge in [-0.25, -0.2) is 0 Å². The van der Waals surface area contributed by atoms with Crippen molar-refractivity contribution in [2.45, 2.75) is 40.0 Å². The Bertz CT molecular complexity index is 2550. The molecule has 0 saturated heterocycles. The van der Waals surface area contributed by atoms with Crippen molar-refractivity contribution in [1.29, 1.82) is 0 Å². The van der Waals surface area contributed by atoms with Gasteiger partial charge < -0.3 is 8.98 Å². The molecule has 5 aromatic carbocycles. The molecule has 0 spiro atoms. The molecule has 1 aliphatic carbocycles. The molecule has 0 atom stereocenters. The van der Waals surface area contributed by atoms with Crippen molar-refractivity contribution in [3.63, 3.8) is 0 Å². The fourth-order valence-corrected chi connectivity index (χ4v) is 8.78. The fraction of sp³-hybridized carbons (Fsp3) is 0.171. The highest BCUT2D eigenvalue weighted by Gasteiger charge is 2.22. The molecular formula is C41H33NOS. The van der Waals surface area contributed by atoms with Crippen molar-refractivity contribution in [1.82, 2.24) is 4.57 Å². The van der Waals surface area contributed by atoms with E-state index in [0.717, 1.165) is 36.1 Å². The van der Waals surface area contributed by atoms with Gasteiger partial charge in [-0.1, -0.05) is 118 Å². The Morgan fingerprint density at radius 1 is 0.682 bits per heavy atom. The van der Waals surface area contributed by atoms with E-state index >= 15 is 0 Å². The van der Waals surface area contributed by atoms with Crippen LogP contribution in [0, 0.1) is 5.41 Å². The lowest BCUT2D eigenvalue weighted by Crippen LogP contribution is -2.30. The molecule has 44 heavy (non-hydrogen) atoms. The third kappa shape index (κ3) is 3.79. The lowest BCUT2D eigenvalue weighted by Gasteiger charge is -2.18. The molecule has 3 aromatic heterocycles. The van der Waals surface area contributed by atoms with Gasteiger partial charge in [-0.2, -0.15) is 0 Å². The topological polar surface area (TPSA) is 18.1 Å². The van der Waals surface area contributed by atoms with Gasteiger partial charge in [0, 0.05) is 46.9 Å². The number of furan rings is 1. The van der Waals surface area contributed by atoms with E-state index in [-0.39, 0.29) is 5.41 Å². The Hall–Kier alpha value is -4.60. The first-order valence-electron chi connectivity index (χ1n) is 15.6. The van der Waals surface area contributed by atoms with E-state index in [4.69, 9.17) is 4.42 Å². The summed E-state index contributed by atoms with van der Waals surface area (Å²) in [6.45, 7) is 6.88. The minimum Gasteiger partial charge on any atom is -0.454 e. The molecule has 0 radical (unpaired) electrons. The summed E-state index contributed by atoms with van der Waals surface area (Å²) < 4.78 is 12.1. The van der Waals surface area contributed by atoms with E-state index in [0.29, 0.717) is 0 Å². The lowest BCUT2D eigenvalue weighted by molar-refractivity contribution is 0.410. The quantitative estimate of drug-likeness (QED) is 0.201. The minimum atomic E-state index is 0.173. The number of rotatable bonds is 3. The molecule has 0 N–H and O–H groups in total. The molecule has 2 nitrogen and oxygen atoms in total. The standard InChI is InChI=1S/C41H33NOS/c1-41(2,3)24-26-14-9-17-28-29-18-11-21-35(38(29)43-37(26)28)42-33-20-8-7-15-32(33)36-34(42)23-22-31-30-19-10-16-27(39(30)44-40(31)36)25-12-5-4-6-13-25/h4-6,9-23H,7-8,24H2,1-3H3. The van der Waals surface area contributed by atoms with Gasteiger partial charge in [0.15, 0.2) is 5.58 Å². The summed E-state index contributed by atoms with van der Waals surface area (Å²) in [5, 5.41) is 9.04. The van der Waals surface area contributed by atoms with E-state index in [1.54, 1.807) is 0 Å². The van der Waals surface area contributed by atoms with Crippen LogP contribution in [-0.2, 0) is 6.42 Å². The normalized spacial score (nSPS) is 13.6. The monoisotopic (exact) mass is 587 g/mol. The summed E-state index contributed by atoms with van der Waals surface area (Å²) in [5.41, 5.74) is 8.36. The lowest BCUT2D eigenvalue weighted by atomic mass is 9.87. The molecule has 0 unspecified atom stereocenters. The Balaban J connectivity index is 1.37. The number of hydrogen-bond acceptors (Lipinski definition) is 2. The maximum Gasteiger partial charge on any atom is 0.159 e. The smallest absolute Gasteiger partial charge is 0.159 e. The third-order valence-electron chi connectivity index (χ3n) is 9.16. The van der Waals surface area contributed by atoms with Gasteiger partial charge in [-0.05, 0) is 53.5 Å². The second-order valence-electron chi connectivity index (χ2n) is 13.4. The van der Waals surface area contributed by atoms with E-state index in [1.165, 1.54) is 69.1 Å². The van der Waals surface area contributed by atoms with Crippen LogP contribution in [-0.4, -0.2) is 4.57 Å². The summed E-state index contributed by atoms with van der Waals surface area (Å²) in [5.74, 6) is 0. The second kappa shape index (κ2) is 9.45. The third-order valence-corrected chi connectivity index (χ3v) is 10.4. The van der Waals surface area contributed by atoms with Crippen molar-refractivity contribution in [2.75, 3.05) is 0 Å². The van der Waals surface area contributed by atoms with Crippen molar-refractivity contribution in [2.24, 2.45) is 5.41 Å². The summed E-state index contributed by atoms with van der Waals surface area (Å²) in [7, 11) is 0. The molecule has 214 valence electrons. The van der Waals surface area contributed by atoms with Crippen LogP contribution in [0.15, 0.2) is 101 Å². The number of fused-ring (bicyclic) bond motifs is 10. The predicted octanol–water partition coefficient (Wildman–Crippen LogP) is 10.5. The van der Waals surface area contributed by atoms with Crippen LogP contribution >= 0.6 is 11.3 Å². The molecular weight excluding hydrogens is 555 g/mol. The van der Waals surface area contributed by atoms with Gasteiger partial charge in [-0.3, -0.25) is 0 Å². The molecule has 3 heteroatoms. The molecule has 0 saturated carbocycles. The summed E-state index contributed by atoms with van der Waals surface area (Å²) >= 11 is 1.94. The first kappa shape index (κ1) is 25.9. The summed E-state index contributed by atoms with van der Waals surface area (Å²) in [6.07, 6.45) is 7.96. The van der Waals surface area contributed by atoms with Crippen molar-refractivity contribution in [3.05, 3.63) is 113 Å². The number of para-hydroxylation sites is 2. The van der Waals surface area contributed by atoms with Gasteiger partial charge in [0.05, 0.1) is 11.2 Å². The number of aromatic nitrogens is 1. The van der Waals surface area contributed by atoms with E-state index < -0.39 is 0 Å². The van der Waals surface area contributed by atoms with Gasteiger partial charge in [-0.15, -0.1) is 11.3 Å². The highest BCUT2D eigenvalue weighted by atomic mass is 32.1. The number of thiophene rings is 1. The highest BCUT2D eigenvalue weighted by Crippen LogP contribution is 2.43. The van der Waals surface area contributed by atoms with Gasteiger partial charge >= 0.3 is 0 Å². The van der Waals surface area contributed by atoms with Crippen LogP contribution in [0.5, 0.6) is 0 Å². The molecule has 9 rings (SSSR count). The van der Waals surface area contributed by atoms with Crippen LogP contribution < -0.4 is 10.6 Å². The Morgan fingerprint density at radius 3 is 2.25 bits per heavy atom. The highest BCUT2D eigenvalue weighted by molar-refractivity contribution is 7.27. The minimum absolute atomic E-state index is 0.173. The summed E-state index contributed by atoms with van der Waals surface area (Å²) in [6, 6.07) is 35.5. The molecule has 0 fully saturated rings. The maximum atomic E-state index is 6.88. The molecule has 1 aliphatic rings. The summed E-state index contributed by atoms with van der Waals surface area (Å²) in [4.78, 5) is 0. The molecule has 8 aromatic rings. The van der Waals surface area contributed by atoms with E-state index in [1.807, 2.05) is 11.3 Å². The van der Waals surface area contributed by atoms with Crippen molar-refractivity contribution in [3.8, 4) is 16.8 Å². The molecule has 3 heterocycles. The SMILES string of the molecule is CC(C)(C)Cc1cccc2c1oc1c(-n3c4c(c5c6sc7c(-c8ccccc8)cccc7c6ccc53)=CCCC=4)cccc12. The zero-order chi connectivity index (χ0) is 29.6. The Kier molecular flexibility index (Phi) is 5.55. The molecule has 0 aliphatic heterocycles. The average Bonchev–Trinajstić information content (AvgIpc) is 3.71. The van der Waals surface area contributed by atoms with Crippen LogP contribution in [0.3, 0.4) is 0 Å². The van der Waals surface area contributed by atoms with Crippen molar-refractivity contribution >= 4 is 76.5 Å². The maximum absolute atomic E-state index is 6.88. The van der Waals surface area contributed by atoms with Crippen LogP contribution in [0.2, 0.25) is 0 Å². The van der Waals surface area contributed by atoms with Crippen molar-refractivity contribution < 1.29 is 4.42 Å². The average molecular weight is 588 g/mol. The molecule has 0 amide bonds. The first-order chi connectivity index (χ1) is 21.5. The zero-order valence-corrected chi connectivity index (χ0v) is 26.1. The van der Waals surface area contributed by atoms with E-state index in [2.05, 4.69) is 135 Å². The number of hydrogen-bond donors (Lipinski definition) is 0. The van der Waals surface area contributed by atoms with Gasteiger partial charge in [0.1, 0.15) is 5.58 Å². The van der Waals surface area contributed by atoms with Gasteiger partial charge in [0.2, 0.25) is 0 Å². The van der Waals surface area contributed by atoms with E-state index in [9.17, 15) is 0 Å². The second-order valence-corrected chi connectivity index (χ2v) is 14.4. The first-order valence-corrected chi connectivity index (χ1v) is 16.5. The Morgan fingerprint density at radius 2 is 1.41 bits per heavy atom. The number of nitrogens with zero attached hydrogens (tertiary/aromatic N) is 1. The van der Waals surface area contributed by atoms with Crippen LogP contribution in [0.1, 0.15) is 39.2 Å². The van der Waals surface area contributed by atoms with Crippen LogP contribution in [0.4, 0.5) is 0 Å². The predicted molar refractivity (Wildman–Crippen MR) is 189 cm³/mol. The Labute approximate surface area is 260 Å². The largest absolute Gasteiger partial charge is 0.454 e.